The zero-order valence-electron chi connectivity index (χ0n) is 24.2. The van der Waals surface area contributed by atoms with Crippen LogP contribution >= 0.6 is 0 Å². The Morgan fingerprint density at radius 1 is 1.07 bits per heavy atom. The number of fused-ring (bicyclic) bond motifs is 2. The van der Waals surface area contributed by atoms with E-state index < -0.39 is 11.9 Å². The van der Waals surface area contributed by atoms with E-state index in [1.807, 2.05) is 92.0 Å². The molecule has 0 radical (unpaired) electrons. The van der Waals surface area contributed by atoms with E-state index in [2.05, 4.69) is 38.8 Å². The molecule has 3 aromatic heterocycles. The van der Waals surface area contributed by atoms with E-state index in [4.69, 9.17) is 5.73 Å². The van der Waals surface area contributed by atoms with Gasteiger partial charge >= 0.3 is 0 Å². The van der Waals surface area contributed by atoms with Crippen LogP contribution in [-0.4, -0.2) is 31.5 Å². The highest BCUT2D eigenvalue weighted by atomic mass is 16.2. The Kier molecular flexibility index (Phi) is 7.40. The van der Waals surface area contributed by atoms with Crippen LogP contribution in [0, 0.1) is 11.8 Å². The lowest BCUT2D eigenvalue weighted by atomic mass is 10.0. The summed E-state index contributed by atoms with van der Waals surface area (Å²) < 4.78 is 3.05. The van der Waals surface area contributed by atoms with Gasteiger partial charge in [-0.15, -0.1) is 0 Å². The topological polar surface area (TPSA) is 123 Å². The van der Waals surface area contributed by atoms with Crippen molar-refractivity contribution in [3.63, 3.8) is 0 Å². The zero-order valence-corrected chi connectivity index (χ0v) is 24.2. The average Bonchev–Trinajstić information content (AvgIpc) is 3.57. The Hall–Kier alpha value is -6.14. The predicted molar refractivity (Wildman–Crippen MR) is 176 cm³/mol. The molecule has 0 saturated heterocycles. The number of anilines is 1. The summed E-state index contributed by atoms with van der Waals surface area (Å²) in [6.07, 6.45) is 4.84. The van der Waals surface area contributed by atoms with Crippen LogP contribution in [0.4, 0.5) is 11.6 Å². The fourth-order valence-electron chi connectivity index (χ4n) is 5.33. The van der Waals surface area contributed by atoms with Gasteiger partial charge in [-0.3, -0.25) is 14.2 Å². The fourth-order valence-corrected chi connectivity index (χ4v) is 5.33. The number of para-hydroxylation sites is 2. The van der Waals surface area contributed by atoms with Gasteiger partial charge in [0.1, 0.15) is 5.56 Å². The summed E-state index contributed by atoms with van der Waals surface area (Å²) in [6, 6.07) is 24.2. The molecule has 3 heterocycles. The van der Waals surface area contributed by atoms with E-state index in [0.717, 1.165) is 16.5 Å². The highest BCUT2D eigenvalue weighted by Gasteiger charge is 2.25. The normalized spacial score (nSPS) is 11.9. The number of aromatic nitrogens is 4. The number of nitrogens with two attached hydrogens (primary N) is 1. The number of hydrogen-bond acceptors (Lipinski definition) is 5. The molecule has 1 amide bonds. The van der Waals surface area contributed by atoms with Crippen LogP contribution in [0.2, 0.25) is 0 Å². The zero-order chi connectivity index (χ0) is 30.8. The quantitative estimate of drug-likeness (QED) is 0.176. The van der Waals surface area contributed by atoms with Crippen molar-refractivity contribution < 1.29 is 4.79 Å². The van der Waals surface area contributed by atoms with Crippen LogP contribution in [0.25, 0.3) is 27.4 Å². The van der Waals surface area contributed by atoms with Crippen molar-refractivity contribution in [1.29, 1.82) is 0 Å². The molecule has 1 unspecified atom stereocenters. The number of amides is 1. The van der Waals surface area contributed by atoms with Crippen LogP contribution in [0.15, 0.2) is 108 Å². The van der Waals surface area contributed by atoms with E-state index in [1.165, 1.54) is 17.0 Å². The molecule has 0 aliphatic carbocycles. The molecule has 0 bridgehead atoms. The first-order valence-corrected chi connectivity index (χ1v) is 14.0. The number of rotatable bonds is 6. The van der Waals surface area contributed by atoms with Crippen molar-refractivity contribution in [2.24, 2.45) is 12.0 Å². The van der Waals surface area contributed by atoms with Crippen molar-refractivity contribution >= 4 is 45.4 Å². The summed E-state index contributed by atoms with van der Waals surface area (Å²) in [7, 11) is 1.65. The number of aryl methyl sites for hydroxylation is 1. The van der Waals surface area contributed by atoms with Gasteiger partial charge in [-0.1, -0.05) is 73.0 Å². The third-order valence-corrected chi connectivity index (χ3v) is 7.38. The number of nitrogens with one attached hydrogen (secondary N) is 2. The van der Waals surface area contributed by atoms with Crippen molar-refractivity contribution in [2.45, 2.75) is 13.0 Å². The van der Waals surface area contributed by atoms with Crippen LogP contribution in [0.5, 0.6) is 0 Å². The van der Waals surface area contributed by atoms with E-state index in [1.54, 1.807) is 11.6 Å². The summed E-state index contributed by atoms with van der Waals surface area (Å²) in [5.74, 6) is 6.36. The van der Waals surface area contributed by atoms with Crippen LogP contribution < -0.4 is 16.6 Å². The number of H-pyrrole nitrogens is 1. The molecule has 6 aromatic rings. The third kappa shape index (κ3) is 5.05. The van der Waals surface area contributed by atoms with Crippen LogP contribution in [0.1, 0.15) is 40.1 Å². The summed E-state index contributed by atoms with van der Waals surface area (Å²) in [5.41, 5.74) is 9.69. The maximum Gasteiger partial charge on any atom is 0.264 e. The minimum absolute atomic E-state index is 0.0470. The molecule has 0 fully saturated rings. The first-order valence-electron chi connectivity index (χ1n) is 14.0. The highest BCUT2D eigenvalue weighted by molar-refractivity contribution is 6.03. The number of carbonyl (C=O) groups is 1. The van der Waals surface area contributed by atoms with Crippen molar-refractivity contribution in [1.82, 2.24) is 24.6 Å². The summed E-state index contributed by atoms with van der Waals surface area (Å²) in [6.45, 7) is 5.45. The highest BCUT2D eigenvalue weighted by Crippen LogP contribution is 2.27. The first kappa shape index (κ1) is 28.0. The Labute approximate surface area is 253 Å². The Morgan fingerprint density at radius 3 is 2.61 bits per heavy atom. The lowest BCUT2D eigenvalue weighted by Gasteiger charge is -2.21. The molecule has 9 nitrogen and oxygen atoms in total. The number of aromatic amines is 1. The molecule has 216 valence electrons. The van der Waals surface area contributed by atoms with Crippen LogP contribution in [-0.2, 0) is 7.05 Å². The monoisotopic (exact) mass is 579 g/mol. The maximum atomic E-state index is 14.3. The summed E-state index contributed by atoms with van der Waals surface area (Å²) in [4.78, 5) is 35.4. The van der Waals surface area contributed by atoms with E-state index in [-0.39, 0.29) is 16.9 Å². The number of hydrogen-bond donors (Lipinski definition) is 3. The number of nitrogens with zero attached hydrogens (tertiary/aromatic N) is 4. The van der Waals surface area contributed by atoms with Gasteiger partial charge in [0.2, 0.25) is 0 Å². The average molecular weight is 580 g/mol. The Bertz CT molecular complexity index is 2210. The second-order valence-corrected chi connectivity index (χ2v) is 10.2. The molecule has 0 saturated carbocycles. The molecule has 44 heavy (non-hydrogen) atoms. The van der Waals surface area contributed by atoms with Gasteiger partial charge in [0, 0.05) is 47.3 Å². The van der Waals surface area contributed by atoms with Crippen molar-refractivity contribution in [3.05, 3.63) is 130 Å². The molecule has 3 aromatic carbocycles. The van der Waals surface area contributed by atoms with Gasteiger partial charge in [-0.2, -0.15) is 5.10 Å². The van der Waals surface area contributed by atoms with E-state index in [9.17, 15) is 9.59 Å². The molecule has 4 N–H and O–H groups in total. The minimum Gasteiger partial charge on any atom is -0.381 e. The second-order valence-electron chi connectivity index (χ2n) is 10.2. The second kappa shape index (κ2) is 11.6. The SMILES string of the molecule is C=C/C=N\c1c(C(=O)NC(C)c2cc3cccc(C#Cc4c[nH]c5ccccc45)c3c(=O)n2-c2ccccc2)c(N)nn1C. The van der Waals surface area contributed by atoms with Gasteiger partial charge in [0.05, 0.1) is 17.0 Å². The number of pyridine rings is 1. The van der Waals surface area contributed by atoms with Crippen molar-refractivity contribution in [2.75, 3.05) is 5.73 Å². The number of nitrogen functional groups attached to an aromatic ring is 1. The number of allylic oxidation sites excluding steroid dienone is 1. The molecule has 9 heteroatoms. The Morgan fingerprint density at radius 2 is 1.82 bits per heavy atom. The lowest BCUT2D eigenvalue weighted by molar-refractivity contribution is 0.0940. The van der Waals surface area contributed by atoms with E-state index >= 15 is 0 Å². The first-order chi connectivity index (χ1) is 21.4. The van der Waals surface area contributed by atoms with Gasteiger partial charge in [0.15, 0.2) is 11.6 Å². The third-order valence-electron chi connectivity index (χ3n) is 7.38. The van der Waals surface area contributed by atoms with Crippen molar-refractivity contribution in [3.8, 4) is 17.5 Å². The molecule has 6 rings (SSSR count). The maximum absolute atomic E-state index is 14.3. The van der Waals surface area contributed by atoms with E-state index in [0.29, 0.717) is 33.5 Å². The number of benzene rings is 3. The van der Waals surface area contributed by atoms with Gasteiger partial charge in [0.25, 0.3) is 11.5 Å². The lowest BCUT2D eigenvalue weighted by Crippen LogP contribution is -2.32. The molecular weight excluding hydrogens is 550 g/mol. The summed E-state index contributed by atoms with van der Waals surface area (Å²) in [5, 5.41) is 9.37. The van der Waals surface area contributed by atoms with Gasteiger partial charge in [-0.25, -0.2) is 9.67 Å². The standard InChI is InChI=1S/C35H29N7O2/c1-4-19-37-33-31(32(36)40-41(33)3)34(43)39-22(2)29-20-24-12-10-11-23(17-18-25-21-38-28-16-9-8-15-27(25)28)30(24)35(44)42(29)26-13-6-5-7-14-26/h4-16,19-22,38H,1H2,2-3H3,(H2,36,40)(H,39,43)/b37-19-. The molecule has 0 spiro atoms. The smallest absolute Gasteiger partial charge is 0.264 e. The number of carbonyl (C=O) groups excluding carboxylic acids is 1. The largest absolute Gasteiger partial charge is 0.381 e. The molecule has 0 aliphatic heterocycles. The Balaban J connectivity index is 1.47. The molecular formula is C35H29N7O2. The van der Waals surface area contributed by atoms with Gasteiger partial charge < -0.3 is 16.0 Å². The molecule has 0 aliphatic rings. The fraction of sp³-hybridized carbons (Fsp3) is 0.0857. The minimum atomic E-state index is -0.600. The van der Waals surface area contributed by atoms with Gasteiger partial charge in [-0.05, 0) is 42.6 Å². The predicted octanol–water partition coefficient (Wildman–Crippen LogP) is 5.57. The number of aliphatic imine (C=N–C) groups is 1. The summed E-state index contributed by atoms with van der Waals surface area (Å²) >= 11 is 0. The molecule has 1 atom stereocenters. The van der Waals surface area contributed by atoms with Crippen LogP contribution in [0.3, 0.4) is 0 Å².